The summed E-state index contributed by atoms with van der Waals surface area (Å²) in [6.07, 6.45) is 1.13. The molecule has 0 spiro atoms. The van der Waals surface area contributed by atoms with Crippen molar-refractivity contribution in [2.24, 2.45) is 0 Å². The monoisotopic (exact) mass is 291 g/mol. The zero-order valence-corrected chi connectivity index (χ0v) is 11.5. The number of carbonyl (C=O) groups is 2. The molecule has 1 aromatic rings. The lowest BCUT2D eigenvalue weighted by Crippen LogP contribution is -2.11. The summed E-state index contributed by atoms with van der Waals surface area (Å²) in [5, 5.41) is 11.0. The van der Waals surface area contributed by atoms with Gasteiger partial charge in [-0.15, -0.1) is 0 Å². The predicted octanol–water partition coefficient (Wildman–Crippen LogP) is 2.06. The van der Waals surface area contributed by atoms with E-state index in [1.54, 1.807) is 0 Å². The number of ether oxygens (including phenoxy) is 2. The minimum absolute atomic E-state index is 0.0213. The fourth-order valence-corrected chi connectivity index (χ4v) is 2.06. The second kappa shape index (κ2) is 5.74. The molecule has 1 heterocycles. The Morgan fingerprint density at radius 3 is 2.62 bits per heavy atom. The molecule has 1 aliphatic heterocycles. The van der Waals surface area contributed by atoms with E-state index < -0.39 is 10.7 Å². The summed E-state index contributed by atoms with van der Waals surface area (Å²) in [7, 11) is 0. The molecule has 1 aromatic carbocycles. The number of ketones is 2. The molecule has 1 aliphatic rings. The third-order valence-electron chi connectivity index (χ3n) is 3.00. The molecule has 0 unspecified atom stereocenters. The van der Waals surface area contributed by atoms with E-state index in [0.717, 1.165) is 0 Å². The molecule has 7 heteroatoms. The van der Waals surface area contributed by atoms with Crippen LogP contribution in [0.1, 0.15) is 28.4 Å². The van der Waals surface area contributed by atoms with Crippen LogP contribution in [0.25, 0.3) is 0 Å². The number of rotatable bonds is 5. The van der Waals surface area contributed by atoms with E-state index in [9.17, 15) is 19.7 Å². The van der Waals surface area contributed by atoms with Crippen LogP contribution in [0.15, 0.2) is 24.2 Å². The minimum Gasteiger partial charge on any atom is -0.461 e. The van der Waals surface area contributed by atoms with Crippen molar-refractivity contribution < 1.29 is 24.0 Å². The summed E-state index contributed by atoms with van der Waals surface area (Å²) in [4.78, 5) is 34.1. The van der Waals surface area contributed by atoms with Crippen molar-refractivity contribution in [1.29, 1.82) is 0 Å². The molecule has 0 atom stereocenters. The molecule has 110 valence electrons. The molecule has 0 saturated heterocycles. The molecular formula is C14H13NO6. The van der Waals surface area contributed by atoms with Crippen molar-refractivity contribution in [2.75, 3.05) is 6.79 Å². The molecule has 2 rings (SSSR count). The Balaban J connectivity index is 2.52. The van der Waals surface area contributed by atoms with Gasteiger partial charge in [-0.1, -0.05) is 0 Å². The van der Waals surface area contributed by atoms with Gasteiger partial charge in [0.2, 0.25) is 18.3 Å². The van der Waals surface area contributed by atoms with Gasteiger partial charge < -0.3 is 9.47 Å². The van der Waals surface area contributed by atoms with Crippen molar-refractivity contribution >= 4 is 17.3 Å². The number of allylic oxidation sites excluding steroid dienone is 1. The van der Waals surface area contributed by atoms with Gasteiger partial charge in [-0.3, -0.25) is 19.7 Å². The maximum Gasteiger partial charge on any atom is 0.272 e. The Morgan fingerprint density at radius 2 is 2.10 bits per heavy atom. The zero-order chi connectivity index (χ0) is 15.6. The zero-order valence-electron chi connectivity index (χ0n) is 11.5. The predicted molar refractivity (Wildman–Crippen MR) is 71.7 cm³/mol. The number of hydrogen-bond donors (Lipinski definition) is 0. The van der Waals surface area contributed by atoms with Crippen molar-refractivity contribution in [3.63, 3.8) is 0 Å². The second-order valence-corrected chi connectivity index (χ2v) is 4.67. The molecule has 0 radical (unpaired) electrons. The number of benzene rings is 1. The number of nitro groups is 1. The number of nitro benzene ring substituents is 1. The topological polar surface area (TPSA) is 95.7 Å². The van der Waals surface area contributed by atoms with Gasteiger partial charge in [0, 0.05) is 23.6 Å². The van der Waals surface area contributed by atoms with Crippen LogP contribution in [-0.4, -0.2) is 23.3 Å². The molecular weight excluding hydrogens is 278 g/mol. The average molecular weight is 291 g/mol. The van der Waals surface area contributed by atoms with Crippen LogP contribution in [0.4, 0.5) is 5.69 Å². The molecule has 0 saturated carbocycles. The van der Waals surface area contributed by atoms with Gasteiger partial charge in [-0.2, -0.15) is 0 Å². The summed E-state index contributed by atoms with van der Waals surface area (Å²) in [5.74, 6) is -0.630. The highest BCUT2D eigenvalue weighted by molar-refractivity contribution is 6.09. The number of hydrogen-bond acceptors (Lipinski definition) is 6. The van der Waals surface area contributed by atoms with Gasteiger partial charge in [0.15, 0.2) is 0 Å². The van der Waals surface area contributed by atoms with Gasteiger partial charge in [-0.25, -0.2) is 0 Å². The number of Topliss-reactive ketones (excluding diaryl/α,β-unsaturated/α-hetero) is 2. The number of nitrogens with zero attached hydrogens (tertiary/aromatic N) is 1. The Labute approximate surface area is 120 Å². The normalized spacial score (nSPS) is 13.1. The van der Waals surface area contributed by atoms with E-state index in [4.69, 9.17) is 9.47 Å². The van der Waals surface area contributed by atoms with E-state index in [-0.39, 0.29) is 36.0 Å². The quantitative estimate of drug-likeness (QED) is 0.468. The van der Waals surface area contributed by atoms with Gasteiger partial charge in [0.1, 0.15) is 12.0 Å². The van der Waals surface area contributed by atoms with Crippen molar-refractivity contribution in [3.05, 3.63) is 51.0 Å². The lowest BCUT2D eigenvalue weighted by Gasteiger charge is -2.09. The first kappa shape index (κ1) is 14.7. The van der Waals surface area contributed by atoms with Crippen LogP contribution in [0.5, 0.6) is 0 Å². The highest BCUT2D eigenvalue weighted by Gasteiger charge is 2.25. The molecule has 0 bridgehead atoms. The summed E-state index contributed by atoms with van der Waals surface area (Å²) in [6.45, 7) is 2.84. The van der Waals surface area contributed by atoms with Crippen LogP contribution in [0.2, 0.25) is 0 Å². The first-order valence-electron chi connectivity index (χ1n) is 6.16. The van der Waals surface area contributed by atoms with Crippen LogP contribution in [-0.2, 0) is 20.7 Å². The van der Waals surface area contributed by atoms with Crippen LogP contribution in [0, 0.1) is 17.0 Å². The van der Waals surface area contributed by atoms with E-state index in [2.05, 4.69) is 0 Å². The van der Waals surface area contributed by atoms with Gasteiger partial charge in [-0.05, 0) is 25.5 Å². The fourth-order valence-electron chi connectivity index (χ4n) is 2.06. The highest BCUT2D eigenvalue weighted by Crippen LogP contribution is 2.26. The smallest absolute Gasteiger partial charge is 0.272 e. The van der Waals surface area contributed by atoms with Crippen molar-refractivity contribution in [2.45, 2.75) is 20.3 Å². The fraction of sp³-hybridized carbons (Fsp3) is 0.286. The van der Waals surface area contributed by atoms with E-state index in [1.807, 2.05) is 0 Å². The summed E-state index contributed by atoms with van der Waals surface area (Å²) in [6, 6.07) is 2.67. The maximum absolute atomic E-state index is 12.3. The molecule has 0 N–H and O–H groups in total. The first-order chi connectivity index (χ1) is 9.90. The van der Waals surface area contributed by atoms with Crippen molar-refractivity contribution in [1.82, 2.24) is 0 Å². The molecule has 21 heavy (non-hydrogen) atoms. The summed E-state index contributed by atoms with van der Waals surface area (Å²) >= 11 is 0. The maximum atomic E-state index is 12.3. The highest BCUT2D eigenvalue weighted by atomic mass is 16.7. The van der Waals surface area contributed by atoms with Gasteiger partial charge in [0.25, 0.3) is 5.69 Å². The van der Waals surface area contributed by atoms with E-state index in [0.29, 0.717) is 11.1 Å². The van der Waals surface area contributed by atoms with E-state index in [1.165, 1.54) is 32.2 Å². The lowest BCUT2D eigenvalue weighted by molar-refractivity contribution is -0.385. The largest absolute Gasteiger partial charge is 0.461 e. The first-order valence-corrected chi connectivity index (χ1v) is 6.16. The number of aryl methyl sites for hydroxylation is 1. The third-order valence-corrected chi connectivity index (χ3v) is 3.00. The van der Waals surface area contributed by atoms with Gasteiger partial charge >= 0.3 is 0 Å². The Kier molecular flexibility index (Phi) is 4.02. The van der Waals surface area contributed by atoms with Crippen LogP contribution in [0.3, 0.4) is 0 Å². The minimum atomic E-state index is -0.540. The SMILES string of the molecule is CC(=O)Cc1cc([N+](=O)[O-])c(C)cc1C(=O)C1=COCO1. The Morgan fingerprint density at radius 1 is 1.38 bits per heavy atom. The van der Waals surface area contributed by atoms with Gasteiger partial charge in [0.05, 0.1) is 4.92 Å². The Bertz CT molecular complexity index is 662. The summed E-state index contributed by atoms with van der Waals surface area (Å²) < 4.78 is 9.85. The van der Waals surface area contributed by atoms with E-state index >= 15 is 0 Å². The van der Waals surface area contributed by atoms with Crippen LogP contribution < -0.4 is 0 Å². The molecule has 7 nitrogen and oxygen atoms in total. The third kappa shape index (κ3) is 3.07. The standard InChI is InChI=1S/C14H13NO6/c1-8-3-11(14(17)13-6-20-7-21-13)10(4-9(2)16)5-12(8)15(18)19/h3,5-6H,4,7H2,1-2H3. The van der Waals surface area contributed by atoms with Crippen LogP contribution >= 0.6 is 0 Å². The second-order valence-electron chi connectivity index (χ2n) is 4.67. The lowest BCUT2D eigenvalue weighted by atomic mass is 9.95. The van der Waals surface area contributed by atoms with Crippen molar-refractivity contribution in [3.8, 4) is 0 Å². The number of carbonyl (C=O) groups excluding carboxylic acids is 2. The molecule has 0 amide bonds. The summed E-state index contributed by atoms with van der Waals surface area (Å²) in [5.41, 5.74) is 0.738. The average Bonchev–Trinajstić information content (AvgIpc) is 2.92. The molecule has 0 aliphatic carbocycles. The molecule has 0 aromatic heterocycles. The Hall–Kier alpha value is -2.70. The molecule has 0 fully saturated rings.